The number of aromatic nitrogens is 4. The third-order valence-corrected chi connectivity index (χ3v) is 3.42. The van der Waals surface area contributed by atoms with E-state index < -0.39 is 0 Å². The summed E-state index contributed by atoms with van der Waals surface area (Å²) < 4.78 is 2.05. The molecule has 102 valence electrons. The second-order valence-electron chi connectivity index (χ2n) is 4.63. The van der Waals surface area contributed by atoms with Crippen LogP contribution in [0.25, 0.3) is 17.0 Å². The number of aryl methyl sites for hydroxylation is 1. The predicted molar refractivity (Wildman–Crippen MR) is 79.9 cm³/mol. The van der Waals surface area contributed by atoms with Crippen molar-refractivity contribution < 1.29 is 0 Å². The second kappa shape index (κ2) is 4.92. The Morgan fingerprint density at radius 1 is 1.25 bits per heavy atom. The van der Waals surface area contributed by atoms with Crippen molar-refractivity contribution in [3.05, 3.63) is 42.0 Å². The highest BCUT2D eigenvalue weighted by molar-refractivity contribution is 5.67. The van der Waals surface area contributed by atoms with Crippen molar-refractivity contribution in [1.82, 2.24) is 19.4 Å². The summed E-state index contributed by atoms with van der Waals surface area (Å²) in [5.41, 5.74) is 3.95. The molecule has 0 bridgehead atoms. The van der Waals surface area contributed by atoms with Crippen molar-refractivity contribution in [2.45, 2.75) is 20.3 Å². The molecule has 0 spiro atoms. The first-order valence-corrected chi connectivity index (χ1v) is 6.72. The molecule has 1 N–H and O–H groups in total. The number of anilines is 1. The average Bonchev–Trinajstić information content (AvgIpc) is 2.96. The van der Waals surface area contributed by atoms with Crippen molar-refractivity contribution in [2.75, 3.05) is 12.4 Å². The molecule has 0 fully saturated rings. The molecule has 0 aliphatic heterocycles. The SMILES string of the molecule is CCc1nc(NC)c(C)c(-c2cccc3nccn23)n1. The van der Waals surface area contributed by atoms with Gasteiger partial charge in [0.1, 0.15) is 17.3 Å². The van der Waals surface area contributed by atoms with Crippen LogP contribution >= 0.6 is 0 Å². The Labute approximate surface area is 117 Å². The van der Waals surface area contributed by atoms with Crippen LogP contribution in [0.5, 0.6) is 0 Å². The van der Waals surface area contributed by atoms with Gasteiger partial charge < -0.3 is 5.32 Å². The molecule has 3 aromatic heterocycles. The maximum atomic E-state index is 4.70. The van der Waals surface area contributed by atoms with Crippen LogP contribution < -0.4 is 5.32 Å². The van der Waals surface area contributed by atoms with Crippen LogP contribution in [-0.2, 0) is 6.42 Å². The monoisotopic (exact) mass is 267 g/mol. The van der Waals surface area contributed by atoms with E-state index in [1.54, 1.807) is 6.20 Å². The van der Waals surface area contributed by atoms with Gasteiger partial charge in [0.15, 0.2) is 0 Å². The van der Waals surface area contributed by atoms with Crippen molar-refractivity contribution in [3.63, 3.8) is 0 Å². The lowest BCUT2D eigenvalue weighted by Gasteiger charge is -2.13. The molecule has 0 radical (unpaired) electrons. The molecule has 5 heteroatoms. The fourth-order valence-electron chi connectivity index (χ4n) is 2.35. The lowest BCUT2D eigenvalue weighted by Crippen LogP contribution is -2.06. The largest absolute Gasteiger partial charge is 0.373 e. The fourth-order valence-corrected chi connectivity index (χ4v) is 2.35. The number of nitrogens with zero attached hydrogens (tertiary/aromatic N) is 4. The number of nitrogens with one attached hydrogen (secondary N) is 1. The van der Waals surface area contributed by atoms with Crippen LogP contribution in [0.2, 0.25) is 0 Å². The first kappa shape index (κ1) is 12.6. The molecule has 0 aliphatic rings. The number of rotatable bonds is 3. The summed E-state index contributed by atoms with van der Waals surface area (Å²) in [6.07, 6.45) is 4.56. The van der Waals surface area contributed by atoms with Gasteiger partial charge >= 0.3 is 0 Å². The molecular weight excluding hydrogens is 250 g/mol. The van der Waals surface area contributed by atoms with Crippen LogP contribution in [0.15, 0.2) is 30.6 Å². The summed E-state index contributed by atoms with van der Waals surface area (Å²) in [7, 11) is 1.89. The maximum Gasteiger partial charge on any atom is 0.137 e. The zero-order valence-corrected chi connectivity index (χ0v) is 11.9. The van der Waals surface area contributed by atoms with Crippen LogP contribution in [0.4, 0.5) is 5.82 Å². The molecule has 0 saturated carbocycles. The topological polar surface area (TPSA) is 55.1 Å². The molecule has 3 aromatic rings. The summed E-state index contributed by atoms with van der Waals surface area (Å²) in [6, 6.07) is 6.05. The summed E-state index contributed by atoms with van der Waals surface area (Å²) in [5.74, 6) is 1.72. The molecule has 5 nitrogen and oxygen atoms in total. The van der Waals surface area contributed by atoms with E-state index in [4.69, 9.17) is 4.98 Å². The average molecular weight is 267 g/mol. The van der Waals surface area contributed by atoms with Gasteiger partial charge in [0.2, 0.25) is 0 Å². The first-order valence-electron chi connectivity index (χ1n) is 6.72. The molecule has 20 heavy (non-hydrogen) atoms. The van der Waals surface area contributed by atoms with Crippen LogP contribution in [0.3, 0.4) is 0 Å². The van der Waals surface area contributed by atoms with E-state index in [2.05, 4.69) is 28.3 Å². The van der Waals surface area contributed by atoms with Crippen LogP contribution in [0, 0.1) is 6.92 Å². The number of fused-ring (bicyclic) bond motifs is 1. The third-order valence-electron chi connectivity index (χ3n) is 3.42. The molecule has 3 rings (SSSR count). The van der Waals surface area contributed by atoms with E-state index in [-0.39, 0.29) is 0 Å². The molecule has 0 amide bonds. The predicted octanol–water partition coefficient (Wildman–Crippen LogP) is 2.70. The van der Waals surface area contributed by atoms with Crippen molar-refractivity contribution in [3.8, 4) is 11.4 Å². The molecule has 0 unspecified atom stereocenters. The van der Waals surface area contributed by atoms with Crippen LogP contribution in [-0.4, -0.2) is 26.4 Å². The number of hydrogen-bond donors (Lipinski definition) is 1. The fraction of sp³-hybridized carbons (Fsp3) is 0.267. The Morgan fingerprint density at radius 3 is 2.85 bits per heavy atom. The Balaban J connectivity index is 2.30. The minimum Gasteiger partial charge on any atom is -0.373 e. The van der Waals surface area contributed by atoms with Gasteiger partial charge in [-0.2, -0.15) is 0 Å². The maximum absolute atomic E-state index is 4.70. The van der Waals surface area contributed by atoms with E-state index in [0.29, 0.717) is 0 Å². The zero-order valence-electron chi connectivity index (χ0n) is 11.9. The van der Waals surface area contributed by atoms with E-state index in [9.17, 15) is 0 Å². The Hall–Kier alpha value is -2.43. The number of imidazole rings is 1. The van der Waals surface area contributed by atoms with Gasteiger partial charge in [-0.3, -0.25) is 4.40 Å². The minimum atomic E-state index is 0.807. The molecule has 0 atom stereocenters. The van der Waals surface area contributed by atoms with Gasteiger partial charge in [0.05, 0.1) is 11.4 Å². The normalized spacial score (nSPS) is 10.9. The van der Waals surface area contributed by atoms with Gasteiger partial charge in [-0.15, -0.1) is 0 Å². The van der Waals surface area contributed by atoms with E-state index in [1.807, 2.05) is 36.7 Å². The Morgan fingerprint density at radius 2 is 2.10 bits per heavy atom. The standard InChI is InChI=1S/C15H17N5/c1-4-12-18-14(10(2)15(16-3)19-12)11-6-5-7-13-17-8-9-20(11)13/h5-9H,4H2,1-3H3,(H,16,18,19). The highest BCUT2D eigenvalue weighted by Crippen LogP contribution is 2.26. The van der Waals surface area contributed by atoms with Gasteiger partial charge in [0.25, 0.3) is 0 Å². The Kier molecular flexibility index (Phi) is 3.10. The van der Waals surface area contributed by atoms with Crippen molar-refractivity contribution >= 4 is 11.5 Å². The van der Waals surface area contributed by atoms with Crippen molar-refractivity contribution in [1.29, 1.82) is 0 Å². The molecule has 0 saturated heterocycles. The van der Waals surface area contributed by atoms with E-state index in [1.165, 1.54) is 0 Å². The van der Waals surface area contributed by atoms with Gasteiger partial charge in [-0.05, 0) is 19.1 Å². The van der Waals surface area contributed by atoms with Crippen LogP contribution in [0.1, 0.15) is 18.3 Å². The van der Waals surface area contributed by atoms with Gasteiger partial charge in [0, 0.05) is 31.4 Å². The zero-order chi connectivity index (χ0) is 14.1. The molecule has 3 heterocycles. The molecular formula is C15H17N5. The molecule has 0 aromatic carbocycles. The van der Waals surface area contributed by atoms with E-state index >= 15 is 0 Å². The highest BCUT2D eigenvalue weighted by atomic mass is 15.0. The smallest absolute Gasteiger partial charge is 0.137 e. The summed E-state index contributed by atoms with van der Waals surface area (Å²) >= 11 is 0. The lowest BCUT2D eigenvalue weighted by molar-refractivity contribution is 0.930. The number of pyridine rings is 1. The Bertz CT molecular complexity index is 760. The quantitative estimate of drug-likeness (QED) is 0.792. The minimum absolute atomic E-state index is 0.807. The second-order valence-corrected chi connectivity index (χ2v) is 4.63. The summed E-state index contributed by atoms with van der Waals surface area (Å²) in [5, 5.41) is 3.15. The summed E-state index contributed by atoms with van der Waals surface area (Å²) in [4.78, 5) is 13.5. The summed E-state index contributed by atoms with van der Waals surface area (Å²) in [6.45, 7) is 4.10. The lowest BCUT2D eigenvalue weighted by atomic mass is 10.1. The third kappa shape index (κ3) is 1.91. The highest BCUT2D eigenvalue weighted by Gasteiger charge is 2.13. The van der Waals surface area contributed by atoms with Gasteiger partial charge in [-0.1, -0.05) is 13.0 Å². The number of hydrogen-bond acceptors (Lipinski definition) is 4. The van der Waals surface area contributed by atoms with E-state index in [0.717, 1.165) is 40.7 Å². The van der Waals surface area contributed by atoms with Gasteiger partial charge in [-0.25, -0.2) is 15.0 Å². The molecule has 0 aliphatic carbocycles. The first-order chi connectivity index (χ1) is 9.74. The van der Waals surface area contributed by atoms with Crippen molar-refractivity contribution in [2.24, 2.45) is 0 Å².